The lowest BCUT2D eigenvalue weighted by Gasteiger charge is -2.55. The number of amides is 1. The van der Waals surface area contributed by atoms with Crippen molar-refractivity contribution in [1.29, 1.82) is 0 Å². The quantitative estimate of drug-likeness (QED) is 0.804. The summed E-state index contributed by atoms with van der Waals surface area (Å²) in [4.78, 5) is 15.2. The number of carbonyl (C=O) groups excluding carboxylic acids is 1. The predicted octanol–water partition coefficient (Wildman–Crippen LogP) is 2.26. The topological polar surface area (TPSA) is 72.3 Å². The average Bonchev–Trinajstić information content (AvgIpc) is 3.14. The van der Waals surface area contributed by atoms with E-state index in [2.05, 4.69) is 36.4 Å². The van der Waals surface area contributed by atoms with Gasteiger partial charge in [0.15, 0.2) is 5.69 Å². The number of aromatic nitrogens is 3. The molecular weight excluding hydrogens is 330 g/mol. The number of nitrogens with zero attached hydrogens (tertiary/aromatic N) is 4. The zero-order chi connectivity index (χ0) is 18.7. The molecule has 2 heterocycles. The Morgan fingerprint density at radius 2 is 2.12 bits per heavy atom. The third-order valence-corrected chi connectivity index (χ3v) is 6.01. The van der Waals surface area contributed by atoms with Gasteiger partial charge in [-0.3, -0.25) is 4.79 Å². The van der Waals surface area contributed by atoms with Gasteiger partial charge in [0.2, 0.25) is 0 Å². The molecule has 0 bridgehead atoms. The Bertz CT molecular complexity index is 609. The van der Waals surface area contributed by atoms with E-state index in [9.17, 15) is 4.79 Å². The largest absolute Gasteiger partial charge is 0.378 e. The molecule has 0 radical (unpaired) electrons. The Morgan fingerprint density at radius 1 is 1.38 bits per heavy atom. The molecule has 1 saturated carbocycles. The van der Waals surface area contributed by atoms with Crippen LogP contribution in [0.1, 0.15) is 69.9 Å². The smallest absolute Gasteiger partial charge is 0.276 e. The van der Waals surface area contributed by atoms with Crippen molar-refractivity contribution in [1.82, 2.24) is 25.2 Å². The summed E-state index contributed by atoms with van der Waals surface area (Å²) in [5.41, 5.74) is 0.430. The lowest BCUT2D eigenvalue weighted by Crippen LogP contribution is -2.63. The third kappa shape index (κ3) is 3.64. The second-order valence-electron chi connectivity index (χ2n) is 8.08. The van der Waals surface area contributed by atoms with Crippen LogP contribution < -0.4 is 5.32 Å². The van der Waals surface area contributed by atoms with Crippen molar-refractivity contribution in [3.05, 3.63) is 11.9 Å². The van der Waals surface area contributed by atoms with Crippen molar-refractivity contribution < 1.29 is 9.53 Å². The summed E-state index contributed by atoms with van der Waals surface area (Å²) < 4.78 is 7.73. The number of nitrogens with one attached hydrogen (secondary N) is 1. The minimum Gasteiger partial charge on any atom is -0.378 e. The van der Waals surface area contributed by atoms with Gasteiger partial charge in [0, 0.05) is 24.6 Å². The van der Waals surface area contributed by atoms with Crippen molar-refractivity contribution >= 4 is 5.91 Å². The van der Waals surface area contributed by atoms with Crippen LogP contribution in [0.4, 0.5) is 0 Å². The van der Waals surface area contributed by atoms with Crippen molar-refractivity contribution in [3.8, 4) is 0 Å². The van der Waals surface area contributed by atoms with Gasteiger partial charge in [-0.1, -0.05) is 26.0 Å². The zero-order valence-electron chi connectivity index (χ0n) is 16.6. The van der Waals surface area contributed by atoms with Gasteiger partial charge >= 0.3 is 0 Å². The summed E-state index contributed by atoms with van der Waals surface area (Å²) in [6.45, 7) is 12.0. The van der Waals surface area contributed by atoms with Crippen molar-refractivity contribution in [2.45, 2.75) is 71.6 Å². The van der Waals surface area contributed by atoms with E-state index < -0.39 is 0 Å². The number of carbonyl (C=O) groups is 1. The molecule has 2 fully saturated rings. The Hall–Kier alpha value is -1.47. The molecule has 1 saturated heterocycles. The molecule has 26 heavy (non-hydrogen) atoms. The first-order valence-electron chi connectivity index (χ1n) is 10.0. The van der Waals surface area contributed by atoms with Crippen LogP contribution >= 0.6 is 0 Å². The maximum atomic E-state index is 13.2. The normalized spacial score (nSPS) is 25.7. The molecule has 7 heteroatoms. The Morgan fingerprint density at radius 3 is 2.73 bits per heavy atom. The SMILES string of the molecule is CCCN(C(=O)c1cn(C2CCNCC2)nn1)C1CC(OCC)C1(C)C. The van der Waals surface area contributed by atoms with Gasteiger partial charge in [0.1, 0.15) is 0 Å². The van der Waals surface area contributed by atoms with Crippen molar-refractivity contribution in [2.75, 3.05) is 26.2 Å². The minimum atomic E-state index is -0.0358. The first-order chi connectivity index (χ1) is 12.5. The molecule has 2 aliphatic rings. The van der Waals surface area contributed by atoms with Crippen LogP contribution in [0, 0.1) is 5.41 Å². The van der Waals surface area contributed by atoms with E-state index in [4.69, 9.17) is 4.74 Å². The van der Waals surface area contributed by atoms with Gasteiger partial charge < -0.3 is 15.0 Å². The van der Waals surface area contributed by atoms with E-state index in [0.29, 0.717) is 18.3 Å². The van der Waals surface area contributed by atoms with E-state index in [1.54, 1.807) is 0 Å². The molecule has 7 nitrogen and oxygen atoms in total. The molecule has 3 rings (SSSR count). The summed E-state index contributed by atoms with van der Waals surface area (Å²) in [7, 11) is 0. The van der Waals surface area contributed by atoms with Crippen molar-refractivity contribution in [2.24, 2.45) is 5.41 Å². The highest BCUT2D eigenvalue weighted by molar-refractivity contribution is 5.92. The Balaban J connectivity index is 1.72. The van der Waals surface area contributed by atoms with Gasteiger partial charge in [-0.25, -0.2) is 4.68 Å². The molecule has 1 aliphatic carbocycles. The molecular formula is C19H33N5O2. The molecule has 1 aromatic heterocycles. The van der Waals surface area contributed by atoms with Crippen LogP contribution in [0.2, 0.25) is 0 Å². The van der Waals surface area contributed by atoms with Gasteiger partial charge in [-0.2, -0.15) is 0 Å². The fourth-order valence-corrected chi connectivity index (χ4v) is 4.29. The zero-order valence-corrected chi connectivity index (χ0v) is 16.6. The molecule has 1 aromatic rings. The Kier molecular flexibility index (Phi) is 5.97. The first kappa shape index (κ1) is 19.3. The molecule has 2 atom stereocenters. The molecule has 1 N–H and O–H groups in total. The van der Waals surface area contributed by atoms with E-state index in [-0.39, 0.29) is 23.5 Å². The maximum absolute atomic E-state index is 13.2. The molecule has 0 aromatic carbocycles. The number of hydrogen-bond donors (Lipinski definition) is 1. The van der Waals surface area contributed by atoms with E-state index in [1.807, 2.05) is 22.7 Å². The molecule has 0 spiro atoms. The standard InChI is InChI=1S/C19H33N5O2/c1-5-11-23(16-12-17(26-6-2)19(16,3)4)18(25)15-13-24(22-21-15)14-7-9-20-10-8-14/h13-14,16-17,20H,5-12H2,1-4H3. The van der Waals surface area contributed by atoms with Crippen molar-refractivity contribution in [3.63, 3.8) is 0 Å². The summed E-state index contributed by atoms with van der Waals surface area (Å²) in [6.07, 6.45) is 5.94. The van der Waals surface area contributed by atoms with E-state index in [0.717, 1.165) is 45.3 Å². The Labute approximate surface area is 156 Å². The number of piperidine rings is 1. The lowest BCUT2D eigenvalue weighted by molar-refractivity contribution is -0.140. The fraction of sp³-hybridized carbons (Fsp3) is 0.842. The highest BCUT2D eigenvalue weighted by Crippen LogP contribution is 2.46. The van der Waals surface area contributed by atoms with Crippen LogP contribution in [-0.2, 0) is 4.74 Å². The second-order valence-corrected chi connectivity index (χ2v) is 8.08. The molecule has 1 amide bonds. The van der Waals surface area contributed by atoms with Crippen LogP contribution in [-0.4, -0.2) is 64.2 Å². The third-order valence-electron chi connectivity index (χ3n) is 6.01. The van der Waals surface area contributed by atoms with Crippen LogP contribution in [0.5, 0.6) is 0 Å². The first-order valence-corrected chi connectivity index (χ1v) is 10.0. The lowest BCUT2D eigenvalue weighted by atomic mass is 9.63. The van der Waals surface area contributed by atoms with Gasteiger partial charge in [0.05, 0.1) is 18.3 Å². The maximum Gasteiger partial charge on any atom is 0.276 e. The second kappa shape index (κ2) is 8.05. The van der Waals surface area contributed by atoms with Gasteiger partial charge in [-0.05, 0) is 45.7 Å². The highest BCUT2D eigenvalue weighted by atomic mass is 16.5. The fourth-order valence-electron chi connectivity index (χ4n) is 4.29. The predicted molar refractivity (Wildman–Crippen MR) is 100 cm³/mol. The monoisotopic (exact) mass is 363 g/mol. The minimum absolute atomic E-state index is 0.0000536. The summed E-state index contributed by atoms with van der Waals surface area (Å²) in [6, 6.07) is 0.530. The summed E-state index contributed by atoms with van der Waals surface area (Å²) in [5.74, 6) is 0.0000536. The van der Waals surface area contributed by atoms with Crippen LogP contribution in [0.25, 0.3) is 0 Å². The summed E-state index contributed by atoms with van der Waals surface area (Å²) in [5, 5.41) is 11.8. The molecule has 2 unspecified atom stereocenters. The summed E-state index contributed by atoms with van der Waals surface area (Å²) >= 11 is 0. The number of ether oxygens (including phenoxy) is 1. The molecule has 146 valence electrons. The van der Waals surface area contributed by atoms with E-state index >= 15 is 0 Å². The van der Waals surface area contributed by atoms with Crippen LogP contribution in [0.15, 0.2) is 6.20 Å². The highest BCUT2D eigenvalue weighted by Gasteiger charge is 2.52. The number of hydrogen-bond acceptors (Lipinski definition) is 5. The van der Waals surface area contributed by atoms with E-state index in [1.165, 1.54) is 0 Å². The van der Waals surface area contributed by atoms with Gasteiger partial charge in [0.25, 0.3) is 5.91 Å². The number of rotatable bonds is 7. The van der Waals surface area contributed by atoms with Gasteiger partial charge in [-0.15, -0.1) is 5.10 Å². The average molecular weight is 364 g/mol. The molecule has 1 aliphatic heterocycles. The van der Waals surface area contributed by atoms with Crippen LogP contribution in [0.3, 0.4) is 0 Å².